The number of rotatable bonds is 4. The fraction of sp³-hybridized carbons (Fsp3) is 0.500. The molecule has 0 saturated heterocycles. The van der Waals surface area contributed by atoms with Gasteiger partial charge in [0.15, 0.2) is 16.3 Å². The Labute approximate surface area is 132 Å². The summed E-state index contributed by atoms with van der Waals surface area (Å²) in [6.45, 7) is 4.76. The largest absolute Gasteiger partial charge is 0.270 e. The maximum absolute atomic E-state index is 6.21. The van der Waals surface area contributed by atoms with Gasteiger partial charge in [0, 0.05) is 23.7 Å². The minimum atomic E-state index is 0.333. The van der Waals surface area contributed by atoms with Crippen LogP contribution < -0.4 is 0 Å². The molecule has 1 aliphatic rings. The molecule has 3 aromatic heterocycles. The van der Waals surface area contributed by atoms with Gasteiger partial charge in [-0.1, -0.05) is 16.8 Å². The number of hydrogen-bond acceptors (Lipinski definition) is 5. The standard InChI is InChI=1S/C14H16ClN7/c1-8(2)21-6-9(5-16-21)7-22-14-11(19-20-22)12(15)17-13(18-14)10-3-4-10/h5-6,8,10H,3-4,7H2,1-2H3. The number of aromatic nitrogens is 7. The van der Waals surface area contributed by atoms with Crippen molar-refractivity contribution in [3.63, 3.8) is 0 Å². The topological polar surface area (TPSA) is 74.3 Å². The lowest BCUT2D eigenvalue weighted by Crippen LogP contribution is -2.04. The molecule has 8 heteroatoms. The number of fused-ring (bicyclic) bond motifs is 1. The van der Waals surface area contributed by atoms with Gasteiger partial charge in [-0.05, 0) is 26.7 Å². The van der Waals surface area contributed by atoms with Crippen LogP contribution in [0.25, 0.3) is 11.2 Å². The van der Waals surface area contributed by atoms with Crippen LogP contribution in [0.5, 0.6) is 0 Å². The van der Waals surface area contributed by atoms with Crippen LogP contribution in [0.3, 0.4) is 0 Å². The summed E-state index contributed by atoms with van der Waals surface area (Å²) in [5, 5.41) is 13.0. The van der Waals surface area contributed by atoms with Crippen molar-refractivity contribution < 1.29 is 0 Å². The smallest absolute Gasteiger partial charge is 0.183 e. The Bertz CT molecular complexity index is 831. The molecule has 0 bridgehead atoms. The van der Waals surface area contributed by atoms with Gasteiger partial charge in [0.1, 0.15) is 5.82 Å². The van der Waals surface area contributed by atoms with E-state index in [4.69, 9.17) is 11.6 Å². The molecule has 22 heavy (non-hydrogen) atoms. The van der Waals surface area contributed by atoms with Gasteiger partial charge in [0.05, 0.1) is 12.7 Å². The third kappa shape index (κ3) is 2.35. The molecule has 0 amide bonds. The summed E-state index contributed by atoms with van der Waals surface area (Å²) < 4.78 is 3.68. The van der Waals surface area contributed by atoms with E-state index in [1.165, 1.54) is 0 Å². The van der Waals surface area contributed by atoms with Gasteiger partial charge >= 0.3 is 0 Å². The second kappa shape index (κ2) is 5.01. The van der Waals surface area contributed by atoms with E-state index in [9.17, 15) is 0 Å². The van der Waals surface area contributed by atoms with Gasteiger partial charge < -0.3 is 0 Å². The zero-order valence-corrected chi connectivity index (χ0v) is 13.2. The predicted octanol–water partition coefficient (Wildman–Crippen LogP) is 2.58. The highest BCUT2D eigenvalue weighted by Crippen LogP contribution is 2.39. The summed E-state index contributed by atoms with van der Waals surface area (Å²) in [5.74, 6) is 1.24. The predicted molar refractivity (Wildman–Crippen MR) is 81.8 cm³/mol. The Morgan fingerprint density at radius 3 is 2.82 bits per heavy atom. The first-order valence-corrected chi connectivity index (χ1v) is 7.79. The average Bonchev–Trinajstić information content (AvgIpc) is 3.10. The fourth-order valence-corrected chi connectivity index (χ4v) is 2.59. The maximum Gasteiger partial charge on any atom is 0.183 e. The van der Waals surface area contributed by atoms with Crippen molar-refractivity contribution in [3.8, 4) is 0 Å². The summed E-state index contributed by atoms with van der Waals surface area (Å²) in [7, 11) is 0. The Kier molecular flexibility index (Phi) is 3.11. The lowest BCUT2D eigenvalue weighted by atomic mass is 10.3. The van der Waals surface area contributed by atoms with Gasteiger partial charge in [0.2, 0.25) is 0 Å². The van der Waals surface area contributed by atoms with Crippen molar-refractivity contribution in [2.75, 3.05) is 0 Å². The molecule has 0 N–H and O–H groups in total. The lowest BCUT2D eigenvalue weighted by molar-refractivity contribution is 0.531. The zero-order chi connectivity index (χ0) is 15.3. The van der Waals surface area contributed by atoms with Crippen molar-refractivity contribution in [2.24, 2.45) is 0 Å². The number of halogens is 1. The molecule has 3 aromatic rings. The van der Waals surface area contributed by atoms with Gasteiger partial charge in [-0.15, -0.1) is 5.10 Å². The van der Waals surface area contributed by atoms with Gasteiger partial charge in [-0.2, -0.15) is 5.10 Å². The van der Waals surface area contributed by atoms with Crippen LogP contribution in [0.15, 0.2) is 12.4 Å². The molecular weight excluding hydrogens is 302 g/mol. The molecule has 0 aliphatic heterocycles. The van der Waals surface area contributed by atoms with Crippen molar-refractivity contribution in [1.82, 2.24) is 34.7 Å². The lowest BCUT2D eigenvalue weighted by Gasteiger charge is -2.04. The quantitative estimate of drug-likeness (QED) is 0.691. The zero-order valence-electron chi connectivity index (χ0n) is 12.4. The van der Waals surface area contributed by atoms with Crippen LogP contribution in [0.4, 0.5) is 0 Å². The first-order valence-electron chi connectivity index (χ1n) is 7.41. The van der Waals surface area contributed by atoms with Crippen LogP contribution in [0, 0.1) is 0 Å². The van der Waals surface area contributed by atoms with E-state index in [-0.39, 0.29) is 0 Å². The van der Waals surface area contributed by atoms with Crippen molar-refractivity contribution in [3.05, 3.63) is 28.9 Å². The van der Waals surface area contributed by atoms with E-state index in [1.54, 1.807) is 4.68 Å². The van der Waals surface area contributed by atoms with E-state index in [2.05, 4.69) is 39.2 Å². The highest BCUT2D eigenvalue weighted by atomic mass is 35.5. The first-order chi connectivity index (χ1) is 10.6. The van der Waals surface area contributed by atoms with E-state index in [0.29, 0.717) is 34.8 Å². The first kappa shape index (κ1) is 13.6. The van der Waals surface area contributed by atoms with Gasteiger partial charge in [-0.3, -0.25) is 4.68 Å². The third-order valence-corrected chi connectivity index (χ3v) is 4.06. The molecule has 0 aromatic carbocycles. The Hall–Kier alpha value is -2.02. The van der Waals surface area contributed by atoms with Gasteiger partial charge in [-0.25, -0.2) is 14.6 Å². The summed E-state index contributed by atoms with van der Waals surface area (Å²) >= 11 is 6.21. The number of hydrogen-bond donors (Lipinski definition) is 0. The summed E-state index contributed by atoms with van der Waals surface area (Å²) in [6, 6.07) is 0.333. The second-order valence-electron chi connectivity index (χ2n) is 5.99. The van der Waals surface area contributed by atoms with E-state index >= 15 is 0 Å². The third-order valence-electron chi connectivity index (χ3n) is 3.80. The Morgan fingerprint density at radius 1 is 1.32 bits per heavy atom. The van der Waals surface area contributed by atoms with E-state index in [0.717, 1.165) is 24.2 Å². The highest BCUT2D eigenvalue weighted by Gasteiger charge is 2.28. The van der Waals surface area contributed by atoms with Crippen LogP contribution in [0.2, 0.25) is 5.15 Å². The summed E-state index contributed by atoms with van der Waals surface area (Å²) in [5.41, 5.74) is 2.31. The maximum atomic E-state index is 6.21. The molecule has 0 unspecified atom stereocenters. The summed E-state index contributed by atoms with van der Waals surface area (Å²) in [6.07, 6.45) is 6.12. The van der Waals surface area contributed by atoms with Crippen molar-refractivity contribution in [1.29, 1.82) is 0 Å². The molecule has 3 heterocycles. The minimum absolute atomic E-state index is 0.333. The normalized spacial score (nSPS) is 15.1. The molecule has 0 atom stereocenters. The van der Waals surface area contributed by atoms with Crippen LogP contribution in [-0.2, 0) is 6.54 Å². The molecule has 4 rings (SSSR count). The molecular formula is C14H16ClN7. The van der Waals surface area contributed by atoms with Crippen LogP contribution in [0.1, 0.15) is 50.0 Å². The molecule has 7 nitrogen and oxygen atoms in total. The van der Waals surface area contributed by atoms with Crippen molar-refractivity contribution >= 4 is 22.8 Å². The van der Waals surface area contributed by atoms with Crippen LogP contribution >= 0.6 is 11.6 Å². The molecule has 114 valence electrons. The van der Waals surface area contributed by atoms with Crippen molar-refractivity contribution in [2.45, 2.75) is 45.2 Å². The van der Waals surface area contributed by atoms with E-state index < -0.39 is 0 Å². The monoisotopic (exact) mass is 317 g/mol. The summed E-state index contributed by atoms with van der Waals surface area (Å²) in [4.78, 5) is 8.94. The molecule has 0 radical (unpaired) electrons. The second-order valence-corrected chi connectivity index (χ2v) is 6.35. The average molecular weight is 318 g/mol. The SMILES string of the molecule is CC(C)n1cc(Cn2nnc3c(Cl)nc(C4CC4)nc32)cn1. The molecule has 1 aliphatic carbocycles. The Balaban J connectivity index is 1.71. The minimum Gasteiger partial charge on any atom is -0.270 e. The Morgan fingerprint density at radius 2 is 2.14 bits per heavy atom. The van der Waals surface area contributed by atoms with E-state index in [1.807, 2.05) is 17.1 Å². The molecule has 1 saturated carbocycles. The number of nitrogens with zero attached hydrogens (tertiary/aromatic N) is 7. The molecule has 0 spiro atoms. The highest BCUT2D eigenvalue weighted by molar-refractivity contribution is 6.33. The fourth-order valence-electron chi connectivity index (χ4n) is 2.38. The molecule has 1 fully saturated rings. The van der Waals surface area contributed by atoms with Gasteiger partial charge in [0.25, 0.3) is 0 Å². The van der Waals surface area contributed by atoms with Crippen LogP contribution in [-0.4, -0.2) is 34.7 Å².